The largest absolute Gasteiger partial charge is 0.298 e. The van der Waals surface area contributed by atoms with Crippen LogP contribution in [0.25, 0.3) is 11.4 Å². The van der Waals surface area contributed by atoms with Gasteiger partial charge in [0, 0.05) is 23.5 Å². The topological polar surface area (TPSA) is 42.9 Å². The molecular weight excluding hydrogens is 212 g/mol. The molecule has 0 fully saturated rings. The summed E-state index contributed by atoms with van der Waals surface area (Å²) in [4.78, 5) is 19.2. The maximum absolute atomic E-state index is 10.5. The van der Waals surface area contributed by atoms with Gasteiger partial charge < -0.3 is 0 Å². The van der Waals surface area contributed by atoms with Crippen LogP contribution in [0.4, 0.5) is 0 Å². The van der Waals surface area contributed by atoms with E-state index in [9.17, 15) is 4.79 Å². The Hall–Kier alpha value is -2.03. The number of rotatable bonds is 3. The van der Waals surface area contributed by atoms with Crippen LogP contribution in [-0.4, -0.2) is 16.3 Å². The molecule has 3 nitrogen and oxygen atoms in total. The van der Waals surface area contributed by atoms with Crippen LogP contribution < -0.4 is 0 Å². The number of benzene rings is 1. The quantitative estimate of drug-likeness (QED) is 0.755. The molecule has 2 aromatic rings. The number of hydrogen-bond donors (Lipinski definition) is 0. The maximum Gasteiger partial charge on any atom is 0.159 e. The molecule has 3 heteroatoms. The summed E-state index contributed by atoms with van der Waals surface area (Å²) in [6, 6.07) is 7.24. The third kappa shape index (κ3) is 2.56. The second-order valence-corrected chi connectivity index (χ2v) is 4.23. The second-order valence-electron chi connectivity index (χ2n) is 4.23. The summed E-state index contributed by atoms with van der Waals surface area (Å²) in [5.74, 6) is 1.12. The van der Waals surface area contributed by atoms with Crippen LogP contribution in [0.5, 0.6) is 0 Å². The van der Waals surface area contributed by atoms with Crippen molar-refractivity contribution in [3.8, 4) is 11.4 Å². The molecule has 0 unspecified atom stereocenters. The monoisotopic (exact) mass is 226 g/mol. The molecule has 0 saturated carbocycles. The van der Waals surface area contributed by atoms with Crippen molar-refractivity contribution in [2.45, 2.75) is 19.8 Å². The van der Waals surface area contributed by atoms with E-state index in [1.807, 2.05) is 24.5 Å². The molecular formula is C14H14N2O. The fourth-order valence-electron chi connectivity index (χ4n) is 1.50. The van der Waals surface area contributed by atoms with Gasteiger partial charge in [0.1, 0.15) is 6.29 Å². The average Bonchev–Trinajstić information content (AvgIpc) is 2.39. The fraction of sp³-hybridized carbons (Fsp3) is 0.214. The Balaban J connectivity index is 2.29. The highest BCUT2D eigenvalue weighted by molar-refractivity contribution is 5.76. The molecule has 0 aliphatic rings. The van der Waals surface area contributed by atoms with Gasteiger partial charge in [-0.3, -0.25) is 4.79 Å². The van der Waals surface area contributed by atoms with Gasteiger partial charge in [-0.05, 0) is 11.5 Å². The Kier molecular flexibility index (Phi) is 3.28. The molecule has 1 heterocycles. The molecule has 0 bridgehead atoms. The highest BCUT2D eigenvalue weighted by Crippen LogP contribution is 2.17. The van der Waals surface area contributed by atoms with Gasteiger partial charge in [0.05, 0.1) is 0 Å². The van der Waals surface area contributed by atoms with E-state index in [1.54, 1.807) is 12.1 Å². The molecule has 86 valence electrons. The molecule has 0 amide bonds. The standard InChI is InChI=1S/C14H14N2O/c1-10(2)13-7-15-14(16-8-13)12-5-3-11(9-17)4-6-12/h3-10H,1-2H3. The van der Waals surface area contributed by atoms with Crippen LogP contribution >= 0.6 is 0 Å². The van der Waals surface area contributed by atoms with Crippen LogP contribution in [0.15, 0.2) is 36.7 Å². The Bertz CT molecular complexity index is 501. The number of carbonyl (C=O) groups excluding carboxylic acids is 1. The summed E-state index contributed by atoms with van der Waals surface area (Å²) >= 11 is 0. The fourth-order valence-corrected chi connectivity index (χ4v) is 1.50. The van der Waals surface area contributed by atoms with Gasteiger partial charge in [0.25, 0.3) is 0 Å². The Labute approximate surface area is 101 Å². The number of nitrogens with zero attached hydrogens (tertiary/aromatic N) is 2. The minimum Gasteiger partial charge on any atom is -0.298 e. The van der Waals surface area contributed by atoms with Crippen LogP contribution in [0.2, 0.25) is 0 Å². The third-order valence-corrected chi connectivity index (χ3v) is 2.64. The van der Waals surface area contributed by atoms with Gasteiger partial charge in [-0.1, -0.05) is 38.1 Å². The summed E-state index contributed by atoms with van der Waals surface area (Å²) in [5, 5.41) is 0. The minimum atomic E-state index is 0.432. The number of aromatic nitrogens is 2. The van der Waals surface area contributed by atoms with Crippen molar-refractivity contribution in [3.63, 3.8) is 0 Å². The van der Waals surface area contributed by atoms with Crippen molar-refractivity contribution in [2.75, 3.05) is 0 Å². The lowest BCUT2D eigenvalue weighted by Gasteiger charge is -2.05. The van der Waals surface area contributed by atoms with Crippen molar-refractivity contribution in [1.29, 1.82) is 0 Å². The zero-order valence-electron chi connectivity index (χ0n) is 9.92. The van der Waals surface area contributed by atoms with Gasteiger partial charge in [-0.2, -0.15) is 0 Å². The van der Waals surface area contributed by atoms with Crippen LogP contribution in [0, 0.1) is 0 Å². The van der Waals surface area contributed by atoms with Gasteiger partial charge >= 0.3 is 0 Å². The molecule has 0 aliphatic carbocycles. The molecule has 0 aliphatic heterocycles. The van der Waals surface area contributed by atoms with E-state index in [-0.39, 0.29) is 0 Å². The predicted molar refractivity (Wildman–Crippen MR) is 66.9 cm³/mol. The maximum atomic E-state index is 10.5. The molecule has 0 N–H and O–H groups in total. The second kappa shape index (κ2) is 4.87. The van der Waals surface area contributed by atoms with Crippen LogP contribution in [0.1, 0.15) is 35.7 Å². The Morgan fingerprint density at radius 2 is 1.65 bits per heavy atom. The molecule has 17 heavy (non-hydrogen) atoms. The van der Waals surface area contributed by atoms with E-state index >= 15 is 0 Å². The number of carbonyl (C=O) groups is 1. The SMILES string of the molecule is CC(C)c1cnc(-c2ccc(C=O)cc2)nc1. The predicted octanol–water partition coefficient (Wildman–Crippen LogP) is 3.08. The molecule has 0 saturated heterocycles. The van der Waals surface area contributed by atoms with E-state index in [2.05, 4.69) is 23.8 Å². The van der Waals surface area contributed by atoms with Crippen molar-refractivity contribution >= 4 is 6.29 Å². The number of aldehydes is 1. The van der Waals surface area contributed by atoms with Crippen molar-refractivity contribution in [1.82, 2.24) is 9.97 Å². The first-order valence-electron chi connectivity index (χ1n) is 5.58. The lowest BCUT2D eigenvalue weighted by atomic mass is 10.1. The first-order chi connectivity index (χ1) is 8.20. The van der Waals surface area contributed by atoms with Crippen molar-refractivity contribution < 1.29 is 4.79 Å². The highest BCUT2D eigenvalue weighted by Gasteiger charge is 2.03. The molecule has 0 radical (unpaired) electrons. The highest BCUT2D eigenvalue weighted by atomic mass is 16.1. The van der Waals surface area contributed by atoms with Crippen molar-refractivity contribution in [2.24, 2.45) is 0 Å². The molecule has 1 aromatic carbocycles. The summed E-state index contributed by atoms with van der Waals surface area (Å²) in [6.07, 6.45) is 4.52. The van der Waals surface area contributed by atoms with E-state index in [0.29, 0.717) is 17.3 Å². The third-order valence-electron chi connectivity index (χ3n) is 2.64. The summed E-state index contributed by atoms with van der Waals surface area (Å²) in [7, 11) is 0. The van der Waals surface area contributed by atoms with Gasteiger partial charge in [-0.15, -0.1) is 0 Å². The van der Waals surface area contributed by atoms with Crippen molar-refractivity contribution in [3.05, 3.63) is 47.8 Å². The molecule has 0 spiro atoms. The van der Waals surface area contributed by atoms with Crippen LogP contribution in [0.3, 0.4) is 0 Å². The normalized spacial score (nSPS) is 10.5. The lowest BCUT2D eigenvalue weighted by molar-refractivity contribution is 0.112. The molecule has 0 atom stereocenters. The van der Waals surface area contributed by atoms with Gasteiger partial charge in [0.2, 0.25) is 0 Å². The zero-order chi connectivity index (χ0) is 12.3. The minimum absolute atomic E-state index is 0.432. The van der Waals surface area contributed by atoms with E-state index in [1.165, 1.54) is 0 Å². The van der Waals surface area contributed by atoms with E-state index in [4.69, 9.17) is 0 Å². The van der Waals surface area contributed by atoms with E-state index in [0.717, 1.165) is 17.4 Å². The first kappa shape index (κ1) is 11.5. The molecule has 2 rings (SSSR count). The summed E-state index contributed by atoms with van der Waals surface area (Å²) in [6.45, 7) is 4.22. The van der Waals surface area contributed by atoms with Gasteiger partial charge in [-0.25, -0.2) is 9.97 Å². The Morgan fingerprint density at radius 3 is 2.12 bits per heavy atom. The average molecular weight is 226 g/mol. The first-order valence-corrected chi connectivity index (χ1v) is 5.58. The van der Waals surface area contributed by atoms with Gasteiger partial charge in [0.15, 0.2) is 5.82 Å². The smallest absolute Gasteiger partial charge is 0.159 e. The van der Waals surface area contributed by atoms with E-state index < -0.39 is 0 Å². The summed E-state index contributed by atoms with van der Waals surface area (Å²) in [5.41, 5.74) is 2.71. The molecule has 1 aromatic heterocycles. The lowest BCUT2D eigenvalue weighted by Crippen LogP contribution is -1.94. The summed E-state index contributed by atoms with van der Waals surface area (Å²) < 4.78 is 0. The number of hydrogen-bond acceptors (Lipinski definition) is 3. The van der Waals surface area contributed by atoms with Crippen LogP contribution in [-0.2, 0) is 0 Å². The Morgan fingerprint density at radius 1 is 1.06 bits per heavy atom. The zero-order valence-corrected chi connectivity index (χ0v) is 9.92.